The average Bonchev–Trinajstić information content (AvgIpc) is 3.36. The summed E-state index contributed by atoms with van der Waals surface area (Å²) >= 11 is 0. The lowest BCUT2D eigenvalue weighted by Crippen LogP contribution is -2.41. The van der Waals surface area contributed by atoms with Crippen LogP contribution in [0, 0.1) is 11.2 Å². The molecular formula is C31H47BFN3O3Si. The summed E-state index contributed by atoms with van der Waals surface area (Å²) in [5.74, 6) is -0.0768. The van der Waals surface area contributed by atoms with Crippen molar-refractivity contribution in [3.63, 3.8) is 0 Å². The van der Waals surface area contributed by atoms with Gasteiger partial charge in [-0.3, -0.25) is 4.98 Å². The summed E-state index contributed by atoms with van der Waals surface area (Å²) in [7, 11) is -2.48. The number of hydrogen-bond donors (Lipinski definition) is 0. The van der Waals surface area contributed by atoms with E-state index in [4.69, 9.17) is 18.7 Å². The monoisotopic (exact) mass is 567 g/mol. The van der Waals surface area contributed by atoms with Gasteiger partial charge in [-0.25, -0.2) is 4.39 Å². The number of fused-ring (bicyclic) bond motifs is 3. The molecule has 3 aliphatic rings. The lowest BCUT2D eigenvalue weighted by Gasteiger charge is -2.36. The standard InChI is InChI=1S/C31H47BFN3O3Si/c1-28(2,3)40(10,11)37-20-21-14-22(32-38-30(6,7)31(8,9)39-32)17-34-24(21)18-35-12-13-36-25-16-29(4,5)15-23(25)27(33)26(36)19-35/h14,16-17,19H,12-13,15,18,20H2,1-11H3. The SMILES string of the molecule is CC1(C)C=c2c(c(F)c3n2CCN(Cc2ncc(B4OC(C)(C)C(C)(C)O4)cc2CO[Si](C)(C)C(C)(C)C)C=3)C1. The zero-order chi connectivity index (χ0) is 29.5. The minimum Gasteiger partial charge on any atom is -0.412 e. The summed E-state index contributed by atoms with van der Waals surface area (Å²) < 4.78 is 37.0. The Kier molecular flexibility index (Phi) is 7.05. The van der Waals surface area contributed by atoms with E-state index in [2.05, 4.69) is 97.0 Å². The smallest absolute Gasteiger partial charge is 0.412 e. The van der Waals surface area contributed by atoms with E-state index in [9.17, 15) is 0 Å². The van der Waals surface area contributed by atoms with E-state index < -0.39 is 26.6 Å². The summed E-state index contributed by atoms with van der Waals surface area (Å²) in [5.41, 5.74) is 2.87. The van der Waals surface area contributed by atoms with Crippen LogP contribution < -0.4 is 16.2 Å². The quantitative estimate of drug-likeness (QED) is 0.483. The molecule has 1 aliphatic carbocycles. The lowest BCUT2D eigenvalue weighted by molar-refractivity contribution is 0.00578. The van der Waals surface area contributed by atoms with Crippen LogP contribution in [0.25, 0.3) is 12.3 Å². The molecule has 0 bridgehead atoms. The van der Waals surface area contributed by atoms with Crippen molar-refractivity contribution in [3.8, 4) is 0 Å². The molecule has 5 rings (SSSR count). The van der Waals surface area contributed by atoms with E-state index in [0.717, 1.165) is 47.1 Å². The number of nitrogens with zero attached hydrogens (tertiary/aromatic N) is 3. The maximum absolute atomic E-state index is 15.5. The highest BCUT2D eigenvalue weighted by atomic mass is 28.4. The van der Waals surface area contributed by atoms with Crippen molar-refractivity contribution in [2.45, 2.75) is 118 Å². The molecule has 1 fully saturated rings. The molecule has 0 saturated carbocycles. The highest BCUT2D eigenvalue weighted by molar-refractivity contribution is 6.74. The van der Waals surface area contributed by atoms with Crippen LogP contribution in [0.4, 0.5) is 4.39 Å². The zero-order valence-corrected chi connectivity index (χ0v) is 27.4. The van der Waals surface area contributed by atoms with Crippen molar-refractivity contribution in [2.75, 3.05) is 6.54 Å². The maximum Gasteiger partial charge on any atom is 0.496 e. The molecule has 0 radical (unpaired) electrons. The topological polar surface area (TPSA) is 48.8 Å². The molecule has 9 heteroatoms. The van der Waals surface area contributed by atoms with Crippen molar-refractivity contribution >= 4 is 33.2 Å². The number of aromatic nitrogens is 2. The Bertz CT molecular complexity index is 1430. The number of pyridine rings is 1. The van der Waals surface area contributed by atoms with Crippen LogP contribution in [-0.4, -0.2) is 47.6 Å². The molecule has 6 nitrogen and oxygen atoms in total. The molecule has 218 valence electrons. The first-order valence-electron chi connectivity index (χ1n) is 14.6. The van der Waals surface area contributed by atoms with E-state index in [0.29, 0.717) is 18.5 Å². The van der Waals surface area contributed by atoms with Crippen molar-refractivity contribution in [2.24, 2.45) is 5.41 Å². The van der Waals surface area contributed by atoms with Gasteiger partial charge in [0.25, 0.3) is 0 Å². The minimum absolute atomic E-state index is 0.00651. The van der Waals surface area contributed by atoms with Gasteiger partial charge >= 0.3 is 7.12 Å². The fourth-order valence-corrected chi connectivity index (χ4v) is 6.39. The molecule has 0 unspecified atom stereocenters. The maximum atomic E-state index is 15.5. The molecule has 0 spiro atoms. The Labute approximate surface area is 240 Å². The fourth-order valence-electron chi connectivity index (χ4n) is 5.45. The van der Waals surface area contributed by atoms with Crippen LogP contribution in [0.2, 0.25) is 18.1 Å². The van der Waals surface area contributed by atoms with Gasteiger partial charge in [0.2, 0.25) is 0 Å². The van der Waals surface area contributed by atoms with Crippen LogP contribution in [-0.2, 0) is 39.9 Å². The molecule has 4 heterocycles. The first-order chi connectivity index (χ1) is 18.3. The van der Waals surface area contributed by atoms with E-state index in [-0.39, 0.29) is 16.3 Å². The fraction of sp³-hybridized carbons (Fsp3) is 0.645. The van der Waals surface area contributed by atoms with E-state index in [1.807, 2.05) is 12.4 Å². The highest BCUT2D eigenvalue weighted by Gasteiger charge is 2.52. The third-order valence-corrected chi connectivity index (χ3v) is 14.3. The molecule has 0 atom stereocenters. The Hall–Kier alpha value is -1.94. The third-order valence-electron chi connectivity index (χ3n) is 9.81. The number of rotatable bonds is 6. The largest absolute Gasteiger partial charge is 0.496 e. The van der Waals surface area contributed by atoms with Gasteiger partial charge in [-0.2, -0.15) is 0 Å². The highest BCUT2D eigenvalue weighted by Crippen LogP contribution is 2.38. The van der Waals surface area contributed by atoms with Crippen LogP contribution in [0.1, 0.15) is 79.1 Å². The first kappa shape index (κ1) is 29.6. The summed E-state index contributed by atoms with van der Waals surface area (Å²) in [4.78, 5) is 7.12. The van der Waals surface area contributed by atoms with Gasteiger partial charge in [0, 0.05) is 41.9 Å². The number of halogens is 1. The predicted octanol–water partition coefficient (Wildman–Crippen LogP) is 4.46. The molecule has 2 aromatic heterocycles. The van der Waals surface area contributed by atoms with Gasteiger partial charge in [0.05, 0.1) is 35.4 Å². The molecule has 0 N–H and O–H groups in total. The summed E-state index contributed by atoms with van der Waals surface area (Å²) in [5, 5.41) is 1.83. The Balaban J connectivity index is 1.46. The van der Waals surface area contributed by atoms with Gasteiger partial charge in [0.1, 0.15) is 0 Å². The van der Waals surface area contributed by atoms with Crippen LogP contribution in [0.3, 0.4) is 0 Å². The van der Waals surface area contributed by atoms with E-state index in [1.165, 1.54) is 0 Å². The second-order valence-corrected chi connectivity index (χ2v) is 19.9. The summed E-state index contributed by atoms with van der Waals surface area (Å²) in [6, 6.07) is 2.14. The van der Waals surface area contributed by atoms with Crippen molar-refractivity contribution < 1.29 is 18.1 Å². The molecular weight excluding hydrogens is 520 g/mol. The van der Waals surface area contributed by atoms with Crippen LogP contribution >= 0.6 is 0 Å². The predicted molar refractivity (Wildman–Crippen MR) is 162 cm³/mol. The molecule has 2 aromatic rings. The van der Waals surface area contributed by atoms with Crippen molar-refractivity contribution in [1.29, 1.82) is 0 Å². The summed E-state index contributed by atoms with van der Waals surface area (Å²) in [6.07, 6.45) is 6.82. The van der Waals surface area contributed by atoms with Gasteiger partial charge in [0.15, 0.2) is 14.1 Å². The molecule has 1 saturated heterocycles. The average molecular weight is 568 g/mol. The zero-order valence-electron chi connectivity index (χ0n) is 26.4. The molecule has 0 aromatic carbocycles. The van der Waals surface area contributed by atoms with Gasteiger partial charge in [-0.1, -0.05) is 46.8 Å². The van der Waals surface area contributed by atoms with Crippen LogP contribution in [0.15, 0.2) is 12.3 Å². The molecule has 40 heavy (non-hydrogen) atoms. The second-order valence-electron chi connectivity index (χ2n) is 15.1. The minimum atomic E-state index is -1.99. The van der Waals surface area contributed by atoms with Crippen LogP contribution in [0.5, 0.6) is 0 Å². The Morgan fingerprint density at radius 3 is 2.33 bits per heavy atom. The van der Waals surface area contributed by atoms with Gasteiger partial charge < -0.3 is 23.2 Å². The lowest BCUT2D eigenvalue weighted by atomic mass is 9.79. The van der Waals surface area contributed by atoms with E-state index in [1.54, 1.807) is 0 Å². The third kappa shape index (κ3) is 5.23. The normalized spacial score (nSPS) is 21.2. The second kappa shape index (κ2) is 9.54. The first-order valence-corrected chi connectivity index (χ1v) is 17.5. The Morgan fingerprint density at radius 1 is 1.05 bits per heavy atom. The van der Waals surface area contributed by atoms with Gasteiger partial charge in [-0.05, 0) is 63.2 Å². The van der Waals surface area contributed by atoms with E-state index >= 15 is 4.39 Å². The summed E-state index contributed by atoms with van der Waals surface area (Å²) in [6.45, 7) is 26.5. The number of hydrogen-bond acceptors (Lipinski definition) is 5. The molecule has 0 amide bonds. The van der Waals surface area contributed by atoms with Crippen molar-refractivity contribution in [3.05, 3.63) is 45.6 Å². The molecule has 2 aliphatic heterocycles. The van der Waals surface area contributed by atoms with Gasteiger partial charge in [-0.15, -0.1) is 0 Å². The Morgan fingerprint density at radius 2 is 1.70 bits per heavy atom. The van der Waals surface area contributed by atoms with Crippen molar-refractivity contribution in [1.82, 2.24) is 14.5 Å².